The quantitative estimate of drug-likeness (QED) is 0.336. The highest BCUT2D eigenvalue weighted by atomic mass is 16.5. The summed E-state index contributed by atoms with van der Waals surface area (Å²) in [4.78, 5) is 31.6. The highest BCUT2D eigenvalue weighted by Gasteiger charge is 2.22. The number of hydrazone groups is 1. The molecule has 0 aliphatic heterocycles. The number of H-pyrrole nitrogens is 1. The van der Waals surface area contributed by atoms with E-state index < -0.39 is 18.0 Å². The van der Waals surface area contributed by atoms with Gasteiger partial charge in [-0.05, 0) is 17.7 Å². The van der Waals surface area contributed by atoms with Gasteiger partial charge in [0.1, 0.15) is 18.4 Å². The number of imidazole rings is 1. The maximum absolute atomic E-state index is 12.6. The fraction of sp³-hybridized carbons (Fsp3) is 0.143. The summed E-state index contributed by atoms with van der Waals surface area (Å²) in [6, 6.07) is 14.8. The molecule has 154 valence electrons. The number of phenolic OH excluding ortho intramolecular Hbond substituents is 1. The topological polar surface area (TPSA) is 129 Å². The third-order valence-electron chi connectivity index (χ3n) is 4.12. The normalized spacial score (nSPS) is 11.7. The number of phenols is 1. The van der Waals surface area contributed by atoms with Gasteiger partial charge in [0, 0.05) is 23.9 Å². The molecule has 9 nitrogen and oxygen atoms in total. The third-order valence-corrected chi connectivity index (χ3v) is 4.12. The van der Waals surface area contributed by atoms with Gasteiger partial charge in [-0.15, -0.1) is 0 Å². The molecule has 0 bridgehead atoms. The zero-order chi connectivity index (χ0) is 21.2. The van der Waals surface area contributed by atoms with E-state index in [1.165, 1.54) is 18.6 Å². The number of benzene rings is 2. The second-order valence-electron chi connectivity index (χ2n) is 6.33. The van der Waals surface area contributed by atoms with Crippen LogP contribution in [0.1, 0.15) is 16.8 Å². The van der Waals surface area contributed by atoms with E-state index in [1.54, 1.807) is 24.4 Å². The van der Waals surface area contributed by atoms with Crippen LogP contribution in [0.15, 0.2) is 72.2 Å². The molecule has 9 heteroatoms. The van der Waals surface area contributed by atoms with E-state index in [0.717, 1.165) is 5.56 Å². The average Bonchev–Trinajstić information content (AvgIpc) is 3.27. The monoisotopic (exact) mass is 407 g/mol. The molecule has 3 rings (SSSR count). The van der Waals surface area contributed by atoms with Crippen LogP contribution in [0.25, 0.3) is 0 Å². The molecule has 0 aliphatic rings. The van der Waals surface area contributed by atoms with Crippen LogP contribution in [0.2, 0.25) is 0 Å². The zero-order valence-electron chi connectivity index (χ0n) is 16.0. The van der Waals surface area contributed by atoms with Crippen molar-refractivity contribution in [3.63, 3.8) is 0 Å². The van der Waals surface area contributed by atoms with Crippen LogP contribution in [0.3, 0.4) is 0 Å². The predicted molar refractivity (Wildman–Crippen MR) is 110 cm³/mol. The number of hydrogen-bond acceptors (Lipinski definition) is 6. The lowest BCUT2D eigenvalue weighted by Gasteiger charge is -2.16. The molecule has 0 aliphatic carbocycles. The molecular formula is C21H21N5O4. The molecule has 0 radical (unpaired) electrons. The molecule has 2 amide bonds. The number of alkyl carbamates (subject to hydrolysis) is 1. The standard InChI is InChI=1S/C21H21N5O4/c27-19-9-5-4-8-16(19)11-24-26-20(28)18(10-17-12-22-14-23-17)25-21(29)30-13-15-6-2-1-3-7-15/h1-9,11-12,14,18,27H,10,13H2,(H,22,23)(H,25,29)(H,26,28)/b24-11-/t18-/m1/s1. The smallest absolute Gasteiger partial charge is 0.408 e. The van der Waals surface area contributed by atoms with Crippen molar-refractivity contribution in [3.8, 4) is 5.75 Å². The molecule has 4 N–H and O–H groups in total. The van der Waals surface area contributed by atoms with Gasteiger partial charge < -0.3 is 20.1 Å². The minimum atomic E-state index is -0.949. The van der Waals surface area contributed by atoms with E-state index >= 15 is 0 Å². The first-order chi connectivity index (χ1) is 14.6. The van der Waals surface area contributed by atoms with Gasteiger partial charge in [0.2, 0.25) is 0 Å². The van der Waals surface area contributed by atoms with Crippen LogP contribution in [-0.4, -0.2) is 39.3 Å². The number of nitrogens with zero attached hydrogens (tertiary/aromatic N) is 2. The summed E-state index contributed by atoms with van der Waals surface area (Å²) in [5.41, 5.74) is 4.29. The zero-order valence-corrected chi connectivity index (χ0v) is 16.0. The number of aromatic nitrogens is 2. The first kappa shape index (κ1) is 20.6. The van der Waals surface area contributed by atoms with E-state index in [4.69, 9.17) is 4.74 Å². The van der Waals surface area contributed by atoms with Gasteiger partial charge in [-0.3, -0.25) is 4.79 Å². The van der Waals surface area contributed by atoms with E-state index in [-0.39, 0.29) is 18.8 Å². The molecule has 0 saturated heterocycles. The number of para-hydroxylation sites is 1. The molecule has 1 aromatic heterocycles. The second-order valence-corrected chi connectivity index (χ2v) is 6.33. The van der Waals surface area contributed by atoms with Gasteiger partial charge in [-0.25, -0.2) is 15.2 Å². The molecule has 0 saturated carbocycles. The number of aromatic hydroxyl groups is 1. The number of amides is 2. The van der Waals surface area contributed by atoms with E-state index in [9.17, 15) is 14.7 Å². The summed E-state index contributed by atoms with van der Waals surface area (Å²) in [6.07, 6.45) is 3.78. The summed E-state index contributed by atoms with van der Waals surface area (Å²) in [6.45, 7) is 0.0799. The Labute approximate surface area is 172 Å². The summed E-state index contributed by atoms with van der Waals surface area (Å²) < 4.78 is 5.19. The summed E-state index contributed by atoms with van der Waals surface area (Å²) >= 11 is 0. The molecule has 1 atom stereocenters. The Kier molecular flexibility index (Phi) is 7.15. The summed E-state index contributed by atoms with van der Waals surface area (Å²) in [5.74, 6) is -0.514. The first-order valence-electron chi connectivity index (χ1n) is 9.17. The molecule has 3 aromatic rings. The molecule has 0 fully saturated rings. The number of rotatable bonds is 8. The summed E-state index contributed by atoms with van der Waals surface area (Å²) in [5, 5.41) is 16.1. The Morgan fingerprint density at radius 3 is 2.67 bits per heavy atom. The lowest BCUT2D eigenvalue weighted by Crippen LogP contribution is -2.47. The van der Waals surface area contributed by atoms with Crippen LogP contribution >= 0.6 is 0 Å². The fourth-order valence-corrected chi connectivity index (χ4v) is 2.57. The summed E-state index contributed by atoms with van der Waals surface area (Å²) in [7, 11) is 0. The maximum Gasteiger partial charge on any atom is 0.408 e. The van der Waals surface area contributed by atoms with Crippen molar-refractivity contribution in [1.29, 1.82) is 0 Å². The van der Waals surface area contributed by atoms with Gasteiger partial charge in [-0.2, -0.15) is 5.10 Å². The fourth-order valence-electron chi connectivity index (χ4n) is 2.57. The SMILES string of the molecule is O=C(N[C@H](Cc1cnc[nH]1)C(=O)N/N=C\c1ccccc1O)OCc1ccccc1. The Morgan fingerprint density at radius 1 is 1.17 bits per heavy atom. The number of hydrogen-bond donors (Lipinski definition) is 4. The molecular weight excluding hydrogens is 386 g/mol. The van der Waals surface area contributed by atoms with Crippen LogP contribution in [0.5, 0.6) is 5.75 Å². The number of nitrogens with one attached hydrogen (secondary N) is 3. The van der Waals surface area contributed by atoms with Crippen molar-refractivity contribution in [2.24, 2.45) is 5.10 Å². The minimum absolute atomic E-state index is 0.0344. The first-order valence-corrected chi connectivity index (χ1v) is 9.17. The van der Waals surface area contributed by atoms with Gasteiger partial charge in [-0.1, -0.05) is 42.5 Å². The van der Waals surface area contributed by atoms with Crippen molar-refractivity contribution in [2.45, 2.75) is 19.1 Å². The highest BCUT2D eigenvalue weighted by molar-refractivity contribution is 5.88. The number of aromatic amines is 1. The maximum atomic E-state index is 12.6. The molecule has 30 heavy (non-hydrogen) atoms. The molecule has 1 heterocycles. The molecule has 0 spiro atoms. The van der Waals surface area contributed by atoms with Gasteiger partial charge in [0.25, 0.3) is 5.91 Å². The van der Waals surface area contributed by atoms with E-state index in [2.05, 4.69) is 25.8 Å². The molecule has 0 unspecified atom stereocenters. The third kappa shape index (κ3) is 6.20. The van der Waals surface area contributed by atoms with Crippen LogP contribution < -0.4 is 10.7 Å². The predicted octanol–water partition coefficient (Wildman–Crippen LogP) is 2.10. The van der Waals surface area contributed by atoms with E-state index in [0.29, 0.717) is 11.3 Å². The molecule has 2 aromatic carbocycles. The van der Waals surface area contributed by atoms with Crippen molar-refractivity contribution in [1.82, 2.24) is 20.7 Å². The van der Waals surface area contributed by atoms with Crippen molar-refractivity contribution >= 4 is 18.2 Å². The highest BCUT2D eigenvalue weighted by Crippen LogP contribution is 2.12. The number of carbonyl (C=O) groups excluding carboxylic acids is 2. The van der Waals surface area contributed by atoms with Crippen LogP contribution in [0, 0.1) is 0 Å². The van der Waals surface area contributed by atoms with Crippen molar-refractivity contribution in [2.75, 3.05) is 0 Å². The average molecular weight is 407 g/mol. The number of ether oxygens (including phenoxy) is 1. The van der Waals surface area contributed by atoms with Gasteiger partial charge in [0.05, 0.1) is 12.5 Å². The van der Waals surface area contributed by atoms with Crippen molar-refractivity contribution in [3.05, 3.63) is 83.9 Å². The Balaban J connectivity index is 1.60. The Hall–Kier alpha value is -4.14. The Morgan fingerprint density at radius 2 is 1.93 bits per heavy atom. The van der Waals surface area contributed by atoms with Gasteiger partial charge >= 0.3 is 6.09 Å². The lowest BCUT2D eigenvalue weighted by atomic mass is 10.1. The van der Waals surface area contributed by atoms with Crippen LogP contribution in [-0.2, 0) is 22.6 Å². The Bertz CT molecular complexity index is 990. The number of carbonyl (C=O) groups is 2. The largest absolute Gasteiger partial charge is 0.507 e. The van der Waals surface area contributed by atoms with Gasteiger partial charge in [0.15, 0.2) is 0 Å². The minimum Gasteiger partial charge on any atom is -0.507 e. The van der Waals surface area contributed by atoms with E-state index in [1.807, 2.05) is 30.3 Å². The van der Waals surface area contributed by atoms with Crippen LogP contribution in [0.4, 0.5) is 4.79 Å². The second kappa shape index (κ2) is 10.4. The van der Waals surface area contributed by atoms with Crippen molar-refractivity contribution < 1.29 is 19.4 Å². The lowest BCUT2D eigenvalue weighted by molar-refractivity contribution is -0.123.